The molecule has 0 spiro atoms. The van der Waals surface area contributed by atoms with Crippen LogP contribution in [0, 0.1) is 5.41 Å². The Morgan fingerprint density at radius 2 is 2.11 bits per heavy atom. The van der Waals surface area contributed by atoms with E-state index in [1.165, 1.54) is 5.69 Å². The maximum absolute atomic E-state index is 8.99. The summed E-state index contributed by atoms with van der Waals surface area (Å²) in [6.07, 6.45) is 1.75. The molecule has 1 aromatic rings. The summed E-state index contributed by atoms with van der Waals surface area (Å²) in [5.74, 6) is 0. The molecule has 0 unspecified atom stereocenters. The number of hydrogen-bond donors (Lipinski definition) is 2. The standard InChI is InChI=1S/C13H24BrN3O/c1-5-10-12(14)11(17(4)16-10)8-15-9-13(2,3)6-7-18/h15,18H,5-9H2,1-4H3. The van der Waals surface area contributed by atoms with Gasteiger partial charge in [-0.15, -0.1) is 0 Å². The summed E-state index contributed by atoms with van der Waals surface area (Å²) in [5.41, 5.74) is 2.39. The van der Waals surface area contributed by atoms with Crippen molar-refractivity contribution < 1.29 is 5.11 Å². The smallest absolute Gasteiger partial charge is 0.0767 e. The number of rotatable bonds is 7. The summed E-state index contributed by atoms with van der Waals surface area (Å²) in [7, 11) is 1.97. The third kappa shape index (κ3) is 4.07. The lowest BCUT2D eigenvalue weighted by molar-refractivity contribution is 0.206. The van der Waals surface area contributed by atoms with Crippen LogP contribution in [0.25, 0.3) is 0 Å². The van der Waals surface area contributed by atoms with Gasteiger partial charge in [0.2, 0.25) is 0 Å². The van der Waals surface area contributed by atoms with E-state index in [4.69, 9.17) is 5.11 Å². The molecule has 0 saturated carbocycles. The van der Waals surface area contributed by atoms with E-state index in [0.717, 1.165) is 36.1 Å². The zero-order chi connectivity index (χ0) is 13.8. The molecule has 1 rings (SSSR count). The number of aliphatic hydroxyl groups excluding tert-OH is 1. The molecular formula is C13H24BrN3O. The lowest BCUT2D eigenvalue weighted by Crippen LogP contribution is -2.30. The van der Waals surface area contributed by atoms with Crippen LogP contribution >= 0.6 is 15.9 Å². The molecule has 104 valence electrons. The van der Waals surface area contributed by atoms with Crippen LogP contribution in [0.2, 0.25) is 0 Å². The van der Waals surface area contributed by atoms with Crippen molar-refractivity contribution >= 4 is 15.9 Å². The van der Waals surface area contributed by atoms with Gasteiger partial charge in [0.05, 0.1) is 15.9 Å². The summed E-state index contributed by atoms with van der Waals surface area (Å²) >= 11 is 3.61. The molecule has 0 bridgehead atoms. The Balaban J connectivity index is 2.56. The van der Waals surface area contributed by atoms with Gasteiger partial charge in [-0.05, 0) is 34.2 Å². The molecule has 0 atom stereocenters. The fourth-order valence-electron chi connectivity index (χ4n) is 1.92. The van der Waals surface area contributed by atoms with E-state index >= 15 is 0 Å². The van der Waals surface area contributed by atoms with Crippen molar-refractivity contribution in [3.8, 4) is 0 Å². The summed E-state index contributed by atoms with van der Waals surface area (Å²) in [5, 5.41) is 16.9. The monoisotopic (exact) mass is 317 g/mol. The van der Waals surface area contributed by atoms with Gasteiger partial charge >= 0.3 is 0 Å². The molecule has 0 amide bonds. The van der Waals surface area contributed by atoms with Crippen molar-refractivity contribution in [2.75, 3.05) is 13.2 Å². The molecule has 0 radical (unpaired) electrons. The largest absolute Gasteiger partial charge is 0.396 e. The molecule has 0 aliphatic rings. The number of aromatic nitrogens is 2. The lowest BCUT2D eigenvalue weighted by Gasteiger charge is -2.24. The average Bonchev–Trinajstić information content (AvgIpc) is 2.55. The van der Waals surface area contributed by atoms with E-state index in [2.05, 4.69) is 47.1 Å². The molecule has 4 nitrogen and oxygen atoms in total. The summed E-state index contributed by atoms with van der Waals surface area (Å²) < 4.78 is 3.04. The second-order valence-electron chi connectivity index (χ2n) is 5.43. The van der Waals surface area contributed by atoms with Gasteiger partial charge in [0, 0.05) is 26.7 Å². The molecule has 18 heavy (non-hydrogen) atoms. The van der Waals surface area contributed by atoms with Gasteiger partial charge in [-0.3, -0.25) is 4.68 Å². The highest BCUT2D eigenvalue weighted by Crippen LogP contribution is 2.22. The van der Waals surface area contributed by atoms with Crippen molar-refractivity contribution in [2.24, 2.45) is 12.5 Å². The summed E-state index contributed by atoms with van der Waals surface area (Å²) in [6.45, 7) is 8.34. The van der Waals surface area contributed by atoms with E-state index in [9.17, 15) is 0 Å². The number of halogens is 1. The van der Waals surface area contributed by atoms with Crippen molar-refractivity contribution in [3.63, 3.8) is 0 Å². The van der Waals surface area contributed by atoms with Crippen molar-refractivity contribution in [1.82, 2.24) is 15.1 Å². The van der Waals surface area contributed by atoms with E-state index in [1.54, 1.807) is 0 Å². The number of aryl methyl sites for hydroxylation is 2. The molecule has 0 fully saturated rings. The normalized spacial score (nSPS) is 12.1. The van der Waals surface area contributed by atoms with Gasteiger partial charge in [0.15, 0.2) is 0 Å². The van der Waals surface area contributed by atoms with Crippen LogP contribution in [0.15, 0.2) is 4.47 Å². The molecule has 2 N–H and O–H groups in total. The molecule has 0 aliphatic heterocycles. The van der Waals surface area contributed by atoms with Gasteiger partial charge in [0.1, 0.15) is 0 Å². The second-order valence-corrected chi connectivity index (χ2v) is 6.22. The molecule has 0 aromatic carbocycles. The minimum atomic E-state index is 0.118. The summed E-state index contributed by atoms with van der Waals surface area (Å²) in [4.78, 5) is 0. The Labute approximate surface area is 118 Å². The fourth-order valence-corrected chi connectivity index (χ4v) is 2.68. The van der Waals surface area contributed by atoms with Crippen LogP contribution in [0.4, 0.5) is 0 Å². The predicted molar refractivity (Wildman–Crippen MR) is 77.5 cm³/mol. The van der Waals surface area contributed by atoms with Gasteiger partial charge in [-0.2, -0.15) is 5.10 Å². The fraction of sp³-hybridized carbons (Fsp3) is 0.769. The van der Waals surface area contributed by atoms with Crippen LogP contribution in [0.1, 0.15) is 38.6 Å². The Hall–Kier alpha value is -0.390. The Bertz CT molecular complexity index is 388. The number of nitrogens with one attached hydrogen (secondary N) is 1. The number of nitrogens with zero attached hydrogens (tertiary/aromatic N) is 2. The van der Waals surface area contributed by atoms with Crippen molar-refractivity contribution in [1.29, 1.82) is 0 Å². The first-order valence-corrected chi connectivity index (χ1v) is 7.22. The first-order chi connectivity index (χ1) is 8.41. The van der Waals surface area contributed by atoms with Gasteiger partial charge in [-0.1, -0.05) is 20.8 Å². The van der Waals surface area contributed by atoms with E-state index in [-0.39, 0.29) is 12.0 Å². The van der Waals surface area contributed by atoms with Crippen LogP contribution in [0.5, 0.6) is 0 Å². The maximum Gasteiger partial charge on any atom is 0.0767 e. The molecule has 5 heteroatoms. The second kappa shape index (κ2) is 6.68. The SMILES string of the molecule is CCc1nn(C)c(CNCC(C)(C)CCO)c1Br. The number of hydrogen-bond acceptors (Lipinski definition) is 3. The van der Waals surface area contributed by atoms with Gasteiger partial charge in [-0.25, -0.2) is 0 Å². The van der Waals surface area contributed by atoms with Gasteiger partial charge < -0.3 is 10.4 Å². The molecule has 1 heterocycles. The third-order valence-corrected chi connectivity index (χ3v) is 4.10. The minimum absolute atomic E-state index is 0.118. The van der Waals surface area contributed by atoms with E-state index in [1.807, 2.05) is 11.7 Å². The zero-order valence-corrected chi connectivity index (χ0v) is 13.3. The Morgan fingerprint density at radius 1 is 1.44 bits per heavy atom. The first-order valence-electron chi connectivity index (χ1n) is 6.43. The zero-order valence-electron chi connectivity index (χ0n) is 11.8. The summed E-state index contributed by atoms with van der Waals surface area (Å²) in [6, 6.07) is 0. The third-order valence-electron chi connectivity index (χ3n) is 3.19. The van der Waals surface area contributed by atoms with E-state index in [0.29, 0.717) is 0 Å². The molecule has 0 saturated heterocycles. The topological polar surface area (TPSA) is 50.1 Å². The van der Waals surface area contributed by atoms with Crippen LogP contribution < -0.4 is 5.32 Å². The van der Waals surface area contributed by atoms with Crippen molar-refractivity contribution in [2.45, 2.75) is 40.2 Å². The molecular weight excluding hydrogens is 294 g/mol. The highest BCUT2D eigenvalue weighted by Gasteiger charge is 2.18. The van der Waals surface area contributed by atoms with Crippen LogP contribution in [0.3, 0.4) is 0 Å². The first kappa shape index (κ1) is 15.7. The lowest BCUT2D eigenvalue weighted by atomic mass is 9.90. The number of aliphatic hydroxyl groups is 1. The quantitative estimate of drug-likeness (QED) is 0.811. The molecule has 0 aliphatic carbocycles. The minimum Gasteiger partial charge on any atom is -0.396 e. The predicted octanol–water partition coefficient (Wildman–Crippen LogP) is 2.24. The highest BCUT2D eigenvalue weighted by atomic mass is 79.9. The molecule has 1 aromatic heterocycles. The Morgan fingerprint density at radius 3 is 2.61 bits per heavy atom. The Kier molecular flexibility index (Phi) is 5.82. The van der Waals surface area contributed by atoms with Crippen molar-refractivity contribution in [3.05, 3.63) is 15.9 Å². The van der Waals surface area contributed by atoms with E-state index < -0.39 is 0 Å². The maximum atomic E-state index is 8.99. The van der Waals surface area contributed by atoms with Crippen LogP contribution in [-0.2, 0) is 20.0 Å². The average molecular weight is 318 g/mol. The van der Waals surface area contributed by atoms with Crippen LogP contribution in [-0.4, -0.2) is 28.0 Å². The highest BCUT2D eigenvalue weighted by molar-refractivity contribution is 9.10. The van der Waals surface area contributed by atoms with Gasteiger partial charge in [0.25, 0.3) is 0 Å².